The van der Waals surface area contributed by atoms with E-state index in [2.05, 4.69) is 43.8 Å². The van der Waals surface area contributed by atoms with Gasteiger partial charge in [-0.1, -0.05) is 57.1 Å². The summed E-state index contributed by atoms with van der Waals surface area (Å²) in [5.41, 5.74) is 6.56. The monoisotopic (exact) mass is 842 g/mol. The zero-order valence-electron chi connectivity index (χ0n) is 34.9. The Labute approximate surface area is 351 Å². The first-order valence-electron chi connectivity index (χ1n) is 21.7. The third-order valence-electron chi connectivity index (χ3n) is 13.3. The highest BCUT2D eigenvalue weighted by Gasteiger charge is 2.40. The van der Waals surface area contributed by atoms with Crippen LogP contribution < -0.4 is 11.1 Å². The molecule has 2 aromatic rings. The summed E-state index contributed by atoms with van der Waals surface area (Å²) >= 11 is 1.59. The number of nitrogen functional groups attached to an aromatic ring is 1. The van der Waals surface area contributed by atoms with E-state index >= 15 is 0 Å². The van der Waals surface area contributed by atoms with Gasteiger partial charge in [-0.2, -0.15) is 22.0 Å². The van der Waals surface area contributed by atoms with Crippen LogP contribution in [0.4, 0.5) is 33.3 Å². The molecule has 3 unspecified atom stereocenters. The third kappa shape index (κ3) is 12.9. The topological polar surface area (TPSA) is 89.3 Å². The summed E-state index contributed by atoms with van der Waals surface area (Å²) in [6.07, 6.45) is 10.7. The summed E-state index contributed by atoms with van der Waals surface area (Å²) in [6, 6.07) is 1.67. The summed E-state index contributed by atoms with van der Waals surface area (Å²) in [4.78, 5) is 40.6. The van der Waals surface area contributed by atoms with Gasteiger partial charge in [0.25, 0.3) is 5.92 Å². The van der Waals surface area contributed by atoms with E-state index in [0.717, 1.165) is 107 Å². The summed E-state index contributed by atoms with van der Waals surface area (Å²) in [5.74, 6) is -3.72. The number of aryl methyl sites for hydroxylation is 1. The second-order valence-corrected chi connectivity index (χ2v) is 18.6. The van der Waals surface area contributed by atoms with Crippen LogP contribution in [0.1, 0.15) is 145 Å². The smallest absolute Gasteiger partial charge is 0.398 e. The van der Waals surface area contributed by atoms with Crippen LogP contribution in [-0.2, 0) is 39.3 Å². The Bertz CT molecular complexity index is 1840. The zero-order chi connectivity index (χ0) is 42.9. The molecule has 1 aromatic heterocycles. The van der Waals surface area contributed by atoms with Gasteiger partial charge in [-0.3, -0.25) is 14.4 Å². The molecule has 4 atom stereocenters. The number of fused-ring (bicyclic) bond motifs is 1. The number of nitrogens with one attached hydrogen (secondary N) is 1. The van der Waals surface area contributed by atoms with Gasteiger partial charge in [0, 0.05) is 42.0 Å². The molecule has 2 aliphatic carbocycles. The standard InChI is InChI=1S/C48H63F5N2O3S/c1-5-7-30(3)8-9-31(4)36-17-14-34(15-18-36)26-44(57)39(23-35-24-41(47(49,50)6-2)45(54)42(25-35)48(51,52)53)27-40(56)21-16-32-10-12-33(13-11-32)22-37-19-20-38-28-59-29-43(38)55-46(37)58/h6,10,24-25,28-30,33-34,36-37,39H,2,4-5,7-9,11-23,26-27,54H2,1,3H3,(H,55,58)/t30?,33?,34?,36?,37?,39-/m0/s1. The van der Waals surface area contributed by atoms with Crippen molar-refractivity contribution in [2.45, 2.75) is 148 Å². The molecule has 0 bridgehead atoms. The van der Waals surface area contributed by atoms with Crippen LogP contribution in [0.25, 0.3) is 0 Å². The van der Waals surface area contributed by atoms with Gasteiger partial charge in [0.15, 0.2) is 0 Å². The molecule has 1 aromatic carbocycles. The lowest BCUT2D eigenvalue weighted by Crippen LogP contribution is -2.26. The molecule has 1 saturated carbocycles. The molecule has 324 valence electrons. The number of Topliss-reactive ketones (excluding diaryl/α,β-unsaturated/α-hetero) is 2. The van der Waals surface area contributed by atoms with Gasteiger partial charge >= 0.3 is 6.18 Å². The summed E-state index contributed by atoms with van der Waals surface area (Å²) in [7, 11) is 0. The van der Waals surface area contributed by atoms with Gasteiger partial charge in [0.1, 0.15) is 11.6 Å². The fourth-order valence-corrected chi connectivity index (χ4v) is 10.4. The van der Waals surface area contributed by atoms with Crippen LogP contribution in [-0.4, -0.2) is 17.5 Å². The number of anilines is 2. The fraction of sp³-hybridized carbons (Fsp3) is 0.604. The number of rotatable bonds is 20. The molecule has 59 heavy (non-hydrogen) atoms. The van der Waals surface area contributed by atoms with E-state index in [-0.39, 0.29) is 66.6 Å². The van der Waals surface area contributed by atoms with E-state index in [0.29, 0.717) is 24.2 Å². The van der Waals surface area contributed by atoms with Crippen molar-refractivity contribution in [3.63, 3.8) is 0 Å². The molecular formula is C48H63F5N2O3S. The van der Waals surface area contributed by atoms with E-state index in [9.17, 15) is 36.3 Å². The number of carbonyl (C=O) groups excluding carboxylic acids is 3. The van der Waals surface area contributed by atoms with Gasteiger partial charge in [-0.15, -0.1) is 11.3 Å². The van der Waals surface area contributed by atoms with Gasteiger partial charge < -0.3 is 11.1 Å². The molecule has 2 heterocycles. The molecule has 0 spiro atoms. The van der Waals surface area contributed by atoms with Gasteiger partial charge in [-0.05, 0) is 148 Å². The Hall–Kier alpha value is -3.60. The Morgan fingerprint density at radius 3 is 2.37 bits per heavy atom. The van der Waals surface area contributed by atoms with Gasteiger partial charge in [0.05, 0.1) is 16.9 Å². The number of benzene rings is 1. The Morgan fingerprint density at radius 1 is 0.983 bits per heavy atom. The second kappa shape index (κ2) is 20.8. The SMILES string of the molecule is C=CC(F)(F)c1cc(C[C@@H](CC(=O)CCC2=CCC(CC3CCc4cscc4NC3=O)CC2)C(=O)CC2CCC(C(=C)CCC(C)CCC)CC2)cc(C(F)(F)F)c1N. The van der Waals surface area contributed by atoms with Crippen molar-refractivity contribution in [1.82, 2.24) is 0 Å². The van der Waals surface area contributed by atoms with Crippen molar-refractivity contribution < 1.29 is 36.3 Å². The lowest BCUT2D eigenvalue weighted by Gasteiger charge is -2.31. The summed E-state index contributed by atoms with van der Waals surface area (Å²) in [5, 5.41) is 7.16. The number of nitrogens with two attached hydrogens (primary N) is 1. The third-order valence-corrected chi connectivity index (χ3v) is 14.1. The molecule has 5 nitrogen and oxygen atoms in total. The van der Waals surface area contributed by atoms with Crippen LogP contribution in [0.15, 0.2) is 59.3 Å². The number of halogens is 5. The van der Waals surface area contributed by atoms with E-state index < -0.39 is 34.8 Å². The maximum atomic E-state index is 14.9. The molecular weight excluding hydrogens is 780 g/mol. The number of ketones is 2. The predicted octanol–water partition coefficient (Wildman–Crippen LogP) is 13.4. The number of thiophene rings is 1. The van der Waals surface area contributed by atoms with Crippen LogP contribution in [0.5, 0.6) is 0 Å². The molecule has 0 radical (unpaired) electrons. The lowest BCUT2D eigenvalue weighted by atomic mass is 9.74. The Balaban J connectivity index is 1.22. The predicted molar refractivity (Wildman–Crippen MR) is 228 cm³/mol. The molecule has 1 amide bonds. The summed E-state index contributed by atoms with van der Waals surface area (Å²) < 4.78 is 72.1. The van der Waals surface area contributed by atoms with Crippen molar-refractivity contribution in [3.8, 4) is 0 Å². The van der Waals surface area contributed by atoms with Crippen molar-refractivity contribution in [2.75, 3.05) is 11.1 Å². The van der Waals surface area contributed by atoms with E-state index in [1.54, 1.807) is 11.3 Å². The number of hydrogen-bond acceptors (Lipinski definition) is 5. The fourth-order valence-electron chi connectivity index (χ4n) is 9.54. The van der Waals surface area contributed by atoms with Crippen molar-refractivity contribution in [1.29, 1.82) is 0 Å². The minimum atomic E-state index is -5.01. The molecule has 3 N–H and O–H groups in total. The van der Waals surface area contributed by atoms with Crippen LogP contribution in [0.3, 0.4) is 0 Å². The first-order chi connectivity index (χ1) is 28.0. The van der Waals surface area contributed by atoms with Crippen LogP contribution >= 0.6 is 11.3 Å². The quantitative estimate of drug-likeness (QED) is 0.0789. The average molecular weight is 843 g/mol. The van der Waals surface area contributed by atoms with E-state index in [1.165, 1.54) is 17.6 Å². The Kier molecular flexibility index (Phi) is 16.4. The highest BCUT2D eigenvalue weighted by molar-refractivity contribution is 7.08. The number of allylic oxidation sites excluding steroid dienone is 4. The minimum absolute atomic E-state index is 0.0468. The molecule has 3 aliphatic rings. The van der Waals surface area contributed by atoms with Crippen molar-refractivity contribution in [3.05, 3.63) is 81.6 Å². The zero-order valence-corrected chi connectivity index (χ0v) is 35.7. The van der Waals surface area contributed by atoms with Crippen molar-refractivity contribution >= 4 is 40.2 Å². The number of alkyl halides is 5. The van der Waals surface area contributed by atoms with E-state index in [1.807, 2.05) is 5.38 Å². The number of hydrogen-bond donors (Lipinski definition) is 2. The molecule has 1 fully saturated rings. The largest absolute Gasteiger partial charge is 0.418 e. The van der Waals surface area contributed by atoms with Gasteiger partial charge in [0.2, 0.25) is 5.91 Å². The second-order valence-electron chi connectivity index (χ2n) is 17.8. The van der Waals surface area contributed by atoms with Gasteiger partial charge in [-0.25, -0.2) is 0 Å². The van der Waals surface area contributed by atoms with E-state index in [4.69, 9.17) is 5.73 Å². The Morgan fingerprint density at radius 2 is 1.71 bits per heavy atom. The van der Waals surface area contributed by atoms with Crippen LogP contribution in [0.2, 0.25) is 0 Å². The number of amides is 1. The normalized spacial score (nSPS) is 22.4. The highest BCUT2D eigenvalue weighted by Crippen LogP contribution is 2.43. The number of carbonyl (C=O) groups is 3. The maximum Gasteiger partial charge on any atom is 0.418 e. The maximum absolute atomic E-state index is 14.9. The molecule has 1 aliphatic heterocycles. The first kappa shape index (κ1) is 46.5. The first-order valence-corrected chi connectivity index (χ1v) is 22.7. The minimum Gasteiger partial charge on any atom is -0.398 e. The summed E-state index contributed by atoms with van der Waals surface area (Å²) in [6.45, 7) is 11.9. The molecule has 5 rings (SSSR count). The van der Waals surface area contributed by atoms with Crippen LogP contribution in [0, 0.1) is 35.5 Å². The average Bonchev–Trinajstić information content (AvgIpc) is 3.58. The lowest BCUT2D eigenvalue weighted by molar-refractivity contribution is -0.137. The molecule has 11 heteroatoms. The van der Waals surface area contributed by atoms with Crippen molar-refractivity contribution in [2.24, 2.45) is 35.5 Å². The highest BCUT2D eigenvalue weighted by atomic mass is 32.1. The molecule has 0 saturated heterocycles.